The second-order valence-electron chi connectivity index (χ2n) is 15.3. The third-order valence-electron chi connectivity index (χ3n) is 12.2. The van der Waals surface area contributed by atoms with Gasteiger partial charge in [0.1, 0.15) is 0 Å². The summed E-state index contributed by atoms with van der Waals surface area (Å²) in [5, 5.41) is 13.2. The molecule has 0 aromatic heterocycles. The van der Waals surface area contributed by atoms with Crippen LogP contribution in [0.15, 0.2) is 164 Å². The Balaban J connectivity index is 1.12. The van der Waals surface area contributed by atoms with E-state index in [2.05, 4.69) is 185 Å². The predicted molar refractivity (Wildman–Crippen MR) is 233 cm³/mol. The highest BCUT2D eigenvalue weighted by molar-refractivity contribution is 6.24. The number of benzene rings is 10. The molecule has 0 nitrogen and oxygen atoms in total. The van der Waals surface area contributed by atoms with Gasteiger partial charge in [0.05, 0.1) is 0 Å². The van der Waals surface area contributed by atoms with Crippen molar-refractivity contribution in [1.29, 1.82) is 0 Å². The molecule has 254 valence electrons. The first kappa shape index (κ1) is 31.1. The number of hydrogen-bond donors (Lipinski definition) is 0. The van der Waals surface area contributed by atoms with Crippen LogP contribution in [0.4, 0.5) is 0 Å². The van der Waals surface area contributed by atoms with Crippen molar-refractivity contribution in [1.82, 2.24) is 0 Å². The summed E-state index contributed by atoms with van der Waals surface area (Å²) in [5.41, 5.74) is 17.3. The number of fused-ring (bicyclic) bond motifs is 7. The van der Waals surface area contributed by atoms with Gasteiger partial charge in [0.15, 0.2) is 0 Å². The fourth-order valence-electron chi connectivity index (χ4n) is 9.70. The van der Waals surface area contributed by atoms with Gasteiger partial charge in [-0.3, -0.25) is 0 Å². The minimum atomic E-state index is 0.848. The van der Waals surface area contributed by atoms with Gasteiger partial charge in [0.25, 0.3) is 0 Å². The summed E-state index contributed by atoms with van der Waals surface area (Å²) in [6.45, 7) is 6.76. The first-order chi connectivity index (χ1) is 26.5. The highest BCUT2D eigenvalue weighted by Gasteiger charge is 2.29. The van der Waals surface area contributed by atoms with Gasteiger partial charge in [-0.15, -0.1) is 0 Å². The van der Waals surface area contributed by atoms with Crippen molar-refractivity contribution in [2.24, 2.45) is 0 Å². The van der Waals surface area contributed by atoms with E-state index in [0.29, 0.717) is 0 Å². The first-order valence-corrected chi connectivity index (χ1v) is 19.1. The van der Waals surface area contributed by atoms with Crippen LogP contribution in [-0.4, -0.2) is 0 Å². The first-order valence-electron chi connectivity index (χ1n) is 19.1. The maximum absolute atomic E-state index is 2.43. The molecule has 0 spiro atoms. The minimum absolute atomic E-state index is 0.848. The zero-order chi connectivity index (χ0) is 36.1. The van der Waals surface area contributed by atoms with Crippen LogP contribution in [0.1, 0.15) is 27.8 Å². The lowest BCUT2D eigenvalue weighted by molar-refractivity contribution is 1.23. The van der Waals surface area contributed by atoms with Crippen molar-refractivity contribution in [3.63, 3.8) is 0 Å². The summed E-state index contributed by atoms with van der Waals surface area (Å²) >= 11 is 0. The summed E-state index contributed by atoms with van der Waals surface area (Å²) in [6.07, 6.45) is 0.848. The summed E-state index contributed by atoms with van der Waals surface area (Å²) in [5.74, 6) is 0. The Kier molecular flexibility index (Phi) is 6.76. The molecule has 1 aliphatic carbocycles. The van der Waals surface area contributed by atoms with Crippen LogP contribution in [0.3, 0.4) is 0 Å². The van der Waals surface area contributed by atoms with Crippen molar-refractivity contribution in [3.8, 4) is 44.5 Å². The quantitative estimate of drug-likeness (QED) is 0.162. The molecule has 0 atom stereocenters. The molecule has 0 saturated carbocycles. The molecule has 0 heteroatoms. The molecule has 11 rings (SSSR count). The van der Waals surface area contributed by atoms with E-state index < -0.39 is 0 Å². The summed E-state index contributed by atoms with van der Waals surface area (Å²) < 4.78 is 0. The van der Waals surface area contributed by atoms with E-state index >= 15 is 0 Å². The summed E-state index contributed by atoms with van der Waals surface area (Å²) in [6, 6.07) is 61.6. The molecule has 0 fully saturated rings. The fraction of sp³-hybridized carbons (Fsp3) is 0.0741. The largest absolute Gasteiger partial charge is 0.0622 e. The number of hydrogen-bond acceptors (Lipinski definition) is 0. The van der Waals surface area contributed by atoms with E-state index in [-0.39, 0.29) is 0 Å². The van der Waals surface area contributed by atoms with Gasteiger partial charge in [0, 0.05) is 0 Å². The second-order valence-corrected chi connectivity index (χ2v) is 15.3. The van der Waals surface area contributed by atoms with Gasteiger partial charge in [-0.25, -0.2) is 0 Å². The lowest BCUT2D eigenvalue weighted by Gasteiger charge is -2.20. The standard InChI is InChI=1S/C54H38/c1-32-20-26-42-46(47-30-38-14-7-8-15-39(38)31-49(47)51(48(42)28-32)36-12-5-4-6-13-36)29-35-22-24-37(25-23-35)52-43-17-10-9-16-41(43)34(3)50-44-19-11-18-40-33(2)21-27-45(53(40)44)54(50)52/h4-28,30-31H,29H2,1-3H3. The van der Waals surface area contributed by atoms with Crippen LogP contribution >= 0.6 is 0 Å². The van der Waals surface area contributed by atoms with E-state index in [0.717, 1.165) is 6.42 Å². The van der Waals surface area contributed by atoms with E-state index in [1.165, 1.54) is 126 Å². The van der Waals surface area contributed by atoms with Crippen molar-refractivity contribution in [2.75, 3.05) is 0 Å². The van der Waals surface area contributed by atoms with Crippen molar-refractivity contribution in [2.45, 2.75) is 27.2 Å². The van der Waals surface area contributed by atoms with Crippen LogP contribution in [0.25, 0.3) is 98.4 Å². The molecular formula is C54H38. The average Bonchev–Trinajstić information content (AvgIpc) is 3.54. The minimum Gasteiger partial charge on any atom is -0.0622 e. The Bertz CT molecular complexity index is 3180. The third-order valence-corrected chi connectivity index (χ3v) is 12.2. The summed E-state index contributed by atoms with van der Waals surface area (Å²) in [4.78, 5) is 0. The molecule has 0 unspecified atom stereocenters. The zero-order valence-electron chi connectivity index (χ0n) is 30.8. The molecule has 10 aromatic carbocycles. The van der Waals surface area contributed by atoms with Crippen LogP contribution in [0.5, 0.6) is 0 Å². The normalized spacial score (nSPS) is 12.1. The van der Waals surface area contributed by atoms with E-state index in [4.69, 9.17) is 0 Å². The molecule has 1 aliphatic rings. The number of aryl methyl sites for hydroxylation is 3. The summed E-state index contributed by atoms with van der Waals surface area (Å²) in [7, 11) is 0. The van der Waals surface area contributed by atoms with Crippen LogP contribution in [0.2, 0.25) is 0 Å². The highest BCUT2D eigenvalue weighted by Crippen LogP contribution is 2.55. The SMILES string of the molecule is Cc1ccc2c(Cc3ccc(-c4c5c(c(C)c6ccccc46)-c4cccc6c(C)ccc-5c46)cc3)c3cc4ccccc4cc3c(-c3ccccc3)c2c1. The monoisotopic (exact) mass is 686 g/mol. The molecule has 0 bridgehead atoms. The molecule has 0 radical (unpaired) electrons. The predicted octanol–water partition coefficient (Wildman–Crippen LogP) is 15.0. The van der Waals surface area contributed by atoms with Gasteiger partial charge in [-0.2, -0.15) is 0 Å². The van der Waals surface area contributed by atoms with Crippen LogP contribution in [0, 0.1) is 20.8 Å². The molecule has 0 N–H and O–H groups in total. The molecule has 0 heterocycles. The maximum Gasteiger partial charge on any atom is -0.00110 e. The van der Waals surface area contributed by atoms with Gasteiger partial charge in [-0.05, 0) is 160 Å². The maximum atomic E-state index is 2.43. The van der Waals surface area contributed by atoms with Crippen LogP contribution in [-0.2, 0) is 6.42 Å². The van der Waals surface area contributed by atoms with Gasteiger partial charge >= 0.3 is 0 Å². The smallest absolute Gasteiger partial charge is 0.00110 e. The Morgan fingerprint density at radius 2 is 1.02 bits per heavy atom. The van der Waals surface area contributed by atoms with Crippen molar-refractivity contribution < 1.29 is 0 Å². The van der Waals surface area contributed by atoms with Crippen molar-refractivity contribution >= 4 is 53.9 Å². The van der Waals surface area contributed by atoms with Crippen molar-refractivity contribution in [3.05, 3.63) is 192 Å². The van der Waals surface area contributed by atoms with Gasteiger partial charge < -0.3 is 0 Å². The Morgan fingerprint density at radius 1 is 0.370 bits per heavy atom. The zero-order valence-corrected chi connectivity index (χ0v) is 30.8. The van der Waals surface area contributed by atoms with E-state index in [9.17, 15) is 0 Å². The topological polar surface area (TPSA) is 0 Å². The average molecular weight is 687 g/mol. The molecule has 54 heavy (non-hydrogen) atoms. The third kappa shape index (κ3) is 4.50. The second kappa shape index (κ2) is 11.8. The fourth-order valence-corrected chi connectivity index (χ4v) is 9.70. The lowest BCUT2D eigenvalue weighted by Crippen LogP contribution is -1.97. The molecule has 10 aromatic rings. The van der Waals surface area contributed by atoms with Gasteiger partial charge in [-0.1, -0.05) is 157 Å². The van der Waals surface area contributed by atoms with Crippen LogP contribution < -0.4 is 0 Å². The van der Waals surface area contributed by atoms with E-state index in [1.807, 2.05) is 0 Å². The van der Waals surface area contributed by atoms with E-state index in [1.54, 1.807) is 0 Å². The molecule has 0 saturated heterocycles. The Hall–Kier alpha value is -6.50. The van der Waals surface area contributed by atoms with Gasteiger partial charge in [0.2, 0.25) is 0 Å². The molecule has 0 amide bonds. The number of rotatable bonds is 4. The Labute approximate surface area is 316 Å². The lowest BCUT2D eigenvalue weighted by atomic mass is 9.83. The Morgan fingerprint density at radius 3 is 1.81 bits per heavy atom. The molecular weight excluding hydrogens is 649 g/mol. The highest BCUT2D eigenvalue weighted by atomic mass is 14.3. The molecule has 0 aliphatic heterocycles.